The van der Waals surface area contributed by atoms with Gasteiger partial charge in [-0.15, -0.1) is 0 Å². The van der Waals surface area contributed by atoms with Crippen LogP contribution in [0.15, 0.2) is 0 Å². The molecule has 3 N–H and O–H groups in total. The second kappa shape index (κ2) is 8.73. The average molecular weight is 420 g/mol. The molecule has 30 heavy (non-hydrogen) atoms. The van der Waals surface area contributed by atoms with Crippen LogP contribution in [0.2, 0.25) is 0 Å². The SMILES string of the molecule is O=C(C1CCC(C2CN3CCNC3CN2)CC1)N1CCN(C(=O)C(O)C2CC2)CC1. The molecule has 2 aliphatic carbocycles. The van der Waals surface area contributed by atoms with E-state index in [2.05, 4.69) is 15.5 Å². The molecule has 2 saturated carbocycles. The highest BCUT2D eigenvalue weighted by Crippen LogP contribution is 2.35. The van der Waals surface area contributed by atoms with E-state index in [-0.39, 0.29) is 23.7 Å². The van der Waals surface area contributed by atoms with Gasteiger partial charge in [0, 0.05) is 64.3 Å². The van der Waals surface area contributed by atoms with Crippen molar-refractivity contribution in [2.24, 2.45) is 17.8 Å². The van der Waals surface area contributed by atoms with Gasteiger partial charge in [-0.25, -0.2) is 0 Å². The largest absolute Gasteiger partial charge is 0.383 e. The number of aliphatic hydroxyl groups is 1. The fraction of sp³-hybridized carbons (Fsp3) is 0.909. The van der Waals surface area contributed by atoms with Gasteiger partial charge in [0.05, 0.1) is 6.17 Å². The number of hydrogen-bond acceptors (Lipinski definition) is 6. The molecule has 0 aromatic rings. The molecule has 0 radical (unpaired) electrons. The molecule has 3 unspecified atom stereocenters. The topological polar surface area (TPSA) is 88.2 Å². The van der Waals surface area contributed by atoms with Gasteiger partial charge >= 0.3 is 0 Å². The summed E-state index contributed by atoms with van der Waals surface area (Å²) in [6.07, 6.45) is 5.83. The first-order valence-corrected chi connectivity index (χ1v) is 12.1. The molecule has 2 amide bonds. The van der Waals surface area contributed by atoms with Crippen molar-refractivity contribution in [2.75, 3.05) is 52.4 Å². The number of nitrogens with zero attached hydrogens (tertiary/aromatic N) is 3. The summed E-state index contributed by atoms with van der Waals surface area (Å²) >= 11 is 0. The first kappa shape index (κ1) is 20.7. The number of carbonyl (C=O) groups excluding carboxylic acids is 2. The van der Waals surface area contributed by atoms with Crippen molar-refractivity contribution in [3.8, 4) is 0 Å². The molecule has 8 nitrogen and oxygen atoms in total. The van der Waals surface area contributed by atoms with Crippen LogP contribution in [0, 0.1) is 17.8 Å². The number of amides is 2. The minimum absolute atomic E-state index is 0.138. The lowest BCUT2D eigenvalue weighted by molar-refractivity contribution is -0.148. The van der Waals surface area contributed by atoms with E-state index in [1.807, 2.05) is 4.90 Å². The van der Waals surface area contributed by atoms with Crippen molar-refractivity contribution in [1.82, 2.24) is 25.3 Å². The first-order valence-electron chi connectivity index (χ1n) is 12.1. The van der Waals surface area contributed by atoms with Crippen molar-refractivity contribution in [3.63, 3.8) is 0 Å². The van der Waals surface area contributed by atoms with Gasteiger partial charge in [0.15, 0.2) is 0 Å². The third-order valence-electron chi connectivity index (χ3n) is 8.14. The summed E-state index contributed by atoms with van der Waals surface area (Å²) in [5, 5.41) is 17.4. The van der Waals surface area contributed by atoms with Crippen LogP contribution in [-0.2, 0) is 9.59 Å². The van der Waals surface area contributed by atoms with Crippen molar-refractivity contribution >= 4 is 11.8 Å². The Bertz CT molecular complexity index is 641. The molecule has 3 atom stereocenters. The number of piperazine rings is 2. The molecule has 5 aliphatic rings. The van der Waals surface area contributed by atoms with Gasteiger partial charge in [0.2, 0.25) is 5.91 Å². The summed E-state index contributed by atoms with van der Waals surface area (Å²) in [7, 11) is 0. The zero-order chi connectivity index (χ0) is 20.7. The van der Waals surface area contributed by atoms with Crippen LogP contribution in [-0.4, -0.2) is 102 Å². The number of aliphatic hydroxyl groups excluding tert-OH is 1. The van der Waals surface area contributed by atoms with Crippen LogP contribution < -0.4 is 10.6 Å². The minimum Gasteiger partial charge on any atom is -0.383 e. The molecule has 5 fully saturated rings. The fourth-order valence-electron chi connectivity index (χ4n) is 5.95. The van der Waals surface area contributed by atoms with E-state index >= 15 is 0 Å². The summed E-state index contributed by atoms with van der Waals surface area (Å²) in [4.78, 5) is 31.7. The van der Waals surface area contributed by atoms with Gasteiger partial charge in [-0.2, -0.15) is 0 Å². The maximum Gasteiger partial charge on any atom is 0.251 e. The van der Waals surface area contributed by atoms with E-state index in [0.717, 1.165) is 64.7 Å². The summed E-state index contributed by atoms with van der Waals surface area (Å²) < 4.78 is 0. The van der Waals surface area contributed by atoms with Crippen LogP contribution in [0.3, 0.4) is 0 Å². The van der Waals surface area contributed by atoms with E-state index in [1.54, 1.807) is 4.90 Å². The predicted octanol–water partition coefficient (Wildman–Crippen LogP) is -0.562. The number of hydrogen-bond donors (Lipinski definition) is 3. The minimum atomic E-state index is -0.831. The quantitative estimate of drug-likeness (QED) is 0.566. The lowest BCUT2D eigenvalue weighted by atomic mass is 9.77. The zero-order valence-electron chi connectivity index (χ0n) is 18.0. The maximum atomic E-state index is 13.1. The van der Waals surface area contributed by atoms with Gasteiger partial charge in [-0.05, 0) is 50.4 Å². The molecular formula is C22H37N5O3. The van der Waals surface area contributed by atoms with Crippen LogP contribution in [0.5, 0.6) is 0 Å². The predicted molar refractivity (Wildman–Crippen MR) is 112 cm³/mol. The molecule has 3 aliphatic heterocycles. The van der Waals surface area contributed by atoms with Gasteiger partial charge < -0.3 is 20.2 Å². The molecule has 5 rings (SSSR count). The van der Waals surface area contributed by atoms with Gasteiger partial charge in [0.25, 0.3) is 5.91 Å². The zero-order valence-corrected chi connectivity index (χ0v) is 18.0. The fourth-order valence-corrected chi connectivity index (χ4v) is 5.95. The molecule has 168 valence electrons. The van der Waals surface area contributed by atoms with Crippen molar-refractivity contribution in [2.45, 2.75) is 56.8 Å². The van der Waals surface area contributed by atoms with E-state index in [9.17, 15) is 14.7 Å². The number of nitrogens with one attached hydrogen (secondary N) is 2. The highest BCUT2D eigenvalue weighted by molar-refractivity contribution is 5.82. The Labute approximate surface area is 179 Å². The van der Waals surface area contributed by atoms with Gasteiger partial charge in [0.1, 0.15) is 6.10 Å². The highest BCUT2D eigenvalue weighted by Gasteiger charge is 2.40. The van der Waals surface area contributed by atoms with E-state index in [4.69, 9.17) is 0 Å². The molecule has 0 bridgehead atoms. The molecule has 3 heterocycles. The monoisotopic (exact) mass is 419 g/mol. The molecule has 8 heteroatoms. The Hall–Kier alpha value is -1.22. The second-order valence-electron chi connectivity index (χ2n) is 10.0. The summed E-state index contributed by atoms with van der Waals surface area (Å²) in [5.74, 6) is 1.13. The molecule has 0 spiro atoms. The van der Waals surface area contributed by atoms with Crippen LogP contribution in [0.1, 0.15) is 38.5 Å². The Kier molecular flexibility index (Phi) is 6.01. The normalized spacial score (nSPS) is 36.4. The number of rotatable bonds is 4. The molecule has 0 aromatic heterocycles. The lowest BCUT2D eigenvalue weighted by Crippen LogP contribution is -2.59. The van der Waals surface area contributed by atoms with E-state index in [0.29, 0.717) is 44.3 Å². The molecular weight excluding hydrogens is 382 g/mol. The molecule has 0 aromatic carbocycles. The third-order valence-corrected chi connectivity index (χ3v) is 8.14. The van der Waals surface area contributed by atoms with E-state index in [1.165, 1.54) is 0 Å². The van der Waals surface area contributed by atoms with Crippen LogP contribution >= 0.6 is 0 Å². The van der Waals surface area contributed by atoms with Gasteiger partial charge in [-0.1, -0.05) is 0 Å². The van der Waals surface area contributed by atoms with E-state index < -0.39 is 6.10 Å². The van der Waals surface area contributed by atoms with Crippen molar-refractivity contribution < 1.29 is 14.7 Å². The van der Waals surface area contributed by atoms with Crippen LogP contribution in [0.25, 0.3) is 0 Å². The summed E-state index contributed by atoms with van der Waals surface area (Å²) in [6.45, 7) is 6.74. The van der Waals surface area contributed by atoms with Gasteiger partial charge in [-0.3, -0.25) is 19.8 Å². The average Bonchev–Trinajstić information content (AvgIpc) is 3.54. The second-order valence-corrected chi connectivity index (χ2v) is 10.0. The Morgan fingerprint density at radius 1 is 0.867 bits per heavy atom. The molecule has 3 saturated heterocycles. The van der Waals surface area contributed by atoms with Crippen LogP contribution in [0.4, 0.5) is 0 Å². The maximum absolute atomic E-state index is 13.1. The number of fused-ring (bicyclic) bond motifs is 1. The summed E-state index contributed by atoms with van der Waals surface area (Å²) in [6, 6.07) is 0.560. The highest BCUT2D eigenvalue weighted by atomic mass is 16.3. The smallest absolute Gasteiger partial charge is 0.251 e. The third kappa shape index (κ3) is 4.24. The Morgan fingerprint density at radius 2 is 1.57 bits per heavy atom. The summed E-state index contributed by atoms with van der Waals surface area (Å²) in [5.41, 5.74) is 0. The first-order chi connectivity index (χ1) is 14.6. The Morgan fingerprint density at radius 3 is 2.27 bits per heavy atom. The lowest BCUT2D eigenvalue weighted by Gasteiger charge is -2.42. The standard InChI is InChI=1S/C22H37N5O3/c28-20(16-3-4-16)22(30)26-11-9-25(10-12-26)21(29)17-5-1-15(2-6-17)18-14-27-8-7-23-19(27)13-24-18/h15-20,23-24,28H,1-14H2. The van der Waals surface area contributed by atoms with Crippen molar-refractivity contribution in [1.29, 1.82) is 0 Å². The number of carbonyl (C=O) groups is 2. The van der Waals surface area contributed by atoms with Crippen molar-refractivity contribution in [3.05, 3.63) is 0 Å². The Balaban J connectivity index is 1.06.